The summed E-state index contributed by atoms with van der Waals surface area (Å²) in [5.41, 5.74) is 7.81. The van der Waals surface area contributed by atoms with Crippen molar-refractivity contribution >= 4 is 38.6 Å². The zero-order valence-corrected chi connectivity index (χ0v) is 12.6. The van der Waals surface area contributed by atoms with Gasteiger partial charge in [-0.25, -0.2) is 0 Å². The number of benzene rings is 2. The Bertz CT molecular complexity index is 796. The van der Waals surface area contributed by atoms with Gasteiger partial charge in [-0.15, -0.1) is 0 Å². The van der Waals surface area contributed by atoms with Crippen LogP contribution in [-0.2, 0) is 6.54 Å². The van der Waals surface area contributed by atoms with Crippen molar-refractivity contribution in [3.05, 3.63) is 58.1 Å². The number of carbonyl (C=O) groups is 1. The maximum absolute atomic E-state index is 12.0. The van der Waals surface area contributed by atoms with Gasteiger partial charge >= 0.3 is 0 Å². The number of halogens is 1. The second kappa shape index (κ2) is 5.57. The molecular weight excluding hydrogens is 334 g/mol. The maximum Gasteiger partial charge on any atom is 0.251 e. The fourth-order valence-electron chi connectivity index (χ4n) is 2.00. The van der Waals surface area contributed by atoms with Crippen LogP contribution in [0.25, 0.3) is 11.0 Å². The van der Waals surface area contributed by atoms with E-state index in [4.69, 9.17) is 10.3 Å². The molecular formula is C15H12BrN3O2. The summed E-state index contributed by atoms with van der Waals surface area (Å²) in [6.45, 7) is 0.408. The number of amides is 1. The lowest BCUT2D eigenvalue weighted by atomic mass is 10.1. The molecule has 0 aliphatic rings. The van der Waals surface area contributed by atoms with Gasteiger partial charge in [0.15, 0.2) is 11.4 Å². The molecule has 0 radical (unpaired) electrons. The summed E-state index contributed by atoms with van der Waals surface area (Å²) in [5, 5.41) is 7.33. The predicted molar refractivity (Wildman–Crippen MR) is 83.7 cm³/mol. The number of hydrogen-bond donors (Lipinski definition) is 2. The lowest BCUT2D eigenvalue weighted by Crippen LogP contribution is -2.22. The molecule has 3 aromatic rings. The number of nitrogens with two attached hydrogens (primary N) is 1. The number of nitrogen functional groups attached to an aromatic ring is 1. The fourth-order valence-corrected chi connectivity index (χ4v) is 2.26. The minimum atomic E-state index is -0.125. The topological polar surface area (TPSA) is 81.2 Å². The molecule has 3 rings (SSSR count). The van der Waals surface area contributed by atoms with E-state index in [1.54, 1.807) is 12.1 Å². The Morgan fingerprint density at radius 3 is 2.76 bits per heavy atom. The number of aromatic nitrogens is 1. The molecule has 0 saturated heterocycles. The molecule has 1 aromatic heterocycles. The summed E-state index contributed by atoms with van der Waals surface area (Å²) < 4.78 is 6.04. The van der Waals surface area contributed by atoms with E-state index in [-0.39, 0.29) is 5.91 Å². The van der Waals surface area contributed by atoms with Crippen molar-refractivity contribution < 1.29 is 9.32 Å². The molecule has 0 saturated carbocycles. The summed E-state index contributed by atoms with van der Waals surface area (Å²) in [6.07, 6.45) is 0. The van der Waals surface area contributed by atoms with Gasteiger partial charge in [0.05, 0.1) is 5.39 Å². The lowest BCUT2D eigenvalue weighted by Gasteiger charge is -2.05. The Morgan fingerprint density at radius 1 is 1.24 bits per heavy atom. The number of hydrogen-bond acceptors (Lipinski definition) is 4. The molecule has 6 heteroatoms. The van der Waals surface area contributed by atoms with Gasteiger partial charge < -0.3 is 15.6 Å². The van der Waals surface area contributed by atoms with Gasteiger partial charge in [-0.2, -0.15) is 0 Å². The predicted octanol–water partition coefficient (Wildman–Crippen LogP) is 3.10. The summed E-state index contributed by atoms with van der Waals surface area (Å²) >= 11 is 3.34. The van der Waals surface area contributed by atoms with Crippen LogP contribution in [0.5, 0.6) is 0 Å². The highest BCUT2D eigenvalue weighted by atomic mass is 79.9. The highest BCUT2D eigenvalue weighted by molar-refractivity contribution is 9.10. The van der Waals surface area contributed by atoms with Gasteiger partial charge in [0.25, 0.3) is 5.91 Å². The van der Waals surface area contributed by atoms with Gasteiger partial charge in [0, 0.05) is 16.6 Å². The first-order valence-electron chi connectivity index (χ1n) is 6.31. The number of nitrogens with zero attached hydrogens (tertiary/aromatic N) is 1. The standard InChI is InChI=1S/C15H12BrN3O2/c16-11-4-2-10(3-5-11)15(20)18-8-9-1-6-12-13(7-9)21-19-14(12)17/h1-7H,8H2,(H2,17,19)(H,18,20). The SMILES string of the molecule is Nc1noc2cc(CNC(=O)c3ccc(Br)cc3)ccc12. The molecule has 2 aromatic carbocycles. The fraction of sp³-hybridized carbons (Fsp3) is 0.0667. The first kappa shape index (κ1) is 13.6. The maximum atomic E-state index is 12.0. The highest BCUT2D eigenvalue weighted by Crippen LogP contribution is 2.21. The molecule has 3 N–H and O–H groups in total. The van der Waals surface area contributed by atoms with E-state index in [0.717, 1.165) is 15.4 Å². The molecule has 0 aliphatic heterocycles. The lowest BCUT2D eigenvalue weighted by molar-refractivity contribution is 0.0951. The van der Waals surface area contributed by atoms with Crippen molar-refractivity contribution in [1.82, 2.24) is 10.5 Å². The van der Waals surface area contributed by atoms with Crippen molar-refractivity contribution in [2.24, 2.45) is 0 Å². The van der Waals surface area contributed by atoms with E-state index >= 15 is 0 Å². The molecule has 106 valence electrons. The van der Waals surface area contributed by atoms with E-state index in [2.05, 4.69) is 26.4 Å². The van der Waals surface area contributed by atoms with Gasteiger partial charge in [-0.05, 0) is 42.0 Å². The average Bonchev–Trinajstić information content (AvgIpc) is 2.86. The zero-order valence-electron chi connectivity index (χ0n) is 11.0. The summed E-state index contributed by atoms with van der Waals surface area (Å²) in [5.74, 6) is 0.245. The number of rotatable bonds is 3. The second-order valence-electron chi connectivity index (χ2n) is 4.59. The van der Waals surface area contributed by atoms with Crippen molar-refractivity contribution in [2.75, 3.05) is 5.73 Å². The first-order chi connectivity index (χ1) is 10.1. The Kier molecular flexibility index (Phi) is 3.62. The molecule has 0 spiro atoms. The Labute approximate surface area is 129 Å². The van der Waals surface area contributed by atoms with Crippen molar-refractivity contribution in [3.63, 3.8) is 0 Å². The second-order valence-corrected chi connectivity index (χ2v) is 5.50. The van der Waals surface area contributed by atoms with Crippen molar-refractivity contribution in [2.45, 2.75) is 6.54 Å². The number of anilines is 1. The molecule has 0 aliphatic carbocycles. The van der Waals surface area contributed by atoms with Crippen LogP contribution in [0.1, 0.15) is 15.9 Å². The summed E-state index contributed by atoms with van der Waals surface area (Å²) in [7, 11) is 0. The van der Waals surface area contributed by atoms with Crippen LogP contribution in [0.2, 0.25) is 0 Å². The van der Waals surface area contributed by atoms with E-state index in [1.165, 1.54) is 0 Å². The van der Waals surface area contributed by atoms with Gasteiger partial charge in [0.2, 0.25) is 0 Å². The third kappa shape index (κ3) is 2.90. The normalized spacial score (nSPS) is 10.7. The van der Waals surface area contributed by atoms with Crippen LogP contribution >= 0.6 is 15.9 Å². The monoisotopic (exact) mass is 345 g/mol. The minimum Gasteiger partial charge on any atom is -0.380 e. The summed E-state index contributed by atoms with van der Waals surface area (Å²) in [4.78, 5) is 12.0. The van der Waals surface area contributed by atoms with E-state index < -0.39 is 0 Å². The molecule has 0 bridgehead atoms. The van der Waals surface area contributed by atoms with Gasteiger partial charge in [-0.3, -0.25) is 4.79 Å². The molecule has 0 fully saturated rings. The van der Waals surface area contributed by atoms with Crippen molar-refractivity contribution in [1.29, 1.82) is 0 Å². The van der Waals surface area contributed by atoms with Crippen LogP contribution in [-0.4, -0.2) is 11.1 Å². The Hall–Kier alpha value is -2.34. The van der Waals surface area contributed by atoms with Crippen LogP contribution < -0.4 is 11.1 Å². The average molecular weight is 346 g/mol. The smallest absolute Gasteiger partial charge is 0.251 e. The van der Waals surface area contributed by atoms with Crippen LogP contribution in [0.15, 0.2) is 51.5 Å². The number of nitrogens with one attached hydrogen (secondary N) is 1. The molecule has 21 heavy (non-hydrogen) atoms. The minimum absolute atomic E-state index is 0.125. The van der Waals surface area contributed by atoms with Crippen LogP contribution in [0.3, 0.4) is 0 Å². The van der Waals surface area contributed by atoms with Crippen molar-refractivity contribution in [3.8, 4) is 0 Å². The summed E-state index contributed by atoms with van der Waals surface area (Å²) in [6, 6.07) is 12.7. The molecule has 0 atom stereocenters. The zero-order chi connectivity index (χ0) is 14.8. The largest absolute Gasteiger partial charge is 0.380 e. The number of fused-ring (bicyclic) bond motifs is 1. The highest BCUT2D eigenvalue weighted by Gasteiger charge is 2.08. The third-order valence-electron chi connectivity index (χ3n) is 3.12. The van der Waals surface area contributed by atoms with Crippen LogP contribution in [0.4, 0.5) is 5.82 Å². The Balaban J connectivity index is 1.71. The van der Waals surface area contributed by atoms with E-state index in [0.29, 0.717) is 23.5 Å². The number of carbonyl (C=O) groups excluding carboxylic acids is 1. The van der Waals surface area contributed by atoms with Gasteiger partial charge in [-0.1, -0.05) is 27.2 Å². The molecule has 5 nitrogen and oxygen atoms in total. The Morgan fingerprint density at radius 2 is 2.00 bits per heavy atom. The van der Waals surface area contributed by atoms with E-state index in [9.17, 15) is 4.79 Å². The van der Waals surface area contributed by atoms with Gasteiger partial charge in [0.1, 0.15) is 0 Å². The molecule has 1 amide bonds. The molecule has 0 unspecified atom stereocenters. The molecule has 1 heterocycles. The quantitative estimate of drug-likeness (QED) is 0.764. The van der Waals surface area contributed by atoms with E-state index in [1.807, 2.05) is 30.3 Å². The third-order valence-corrected chi connectivity index (χ3v) is 3.65. The first-order valence-corrected chi connectivity index (χ1v) is 7.10. The van der Waals surface area contributed by atoms with Crippen LogP contribution in [0, 0.1) is 0 Å².